The second-order valence-electron chi connectivity index (χ2n) is 4.12. The van der Waals surface area contributed by atoms with Gasteiger partial charge >= 0.3 is 5.69 Å². The Balaban J connectivity index is 2.16. The largest absolute Gasteiger partial charge is 0.369 e. The van der Waals surface area contributed by atoms with Crippen LogP contribution in [0, 0.1) is 10.1 Å². The Morgan fingerprint density at radius 1 is 1.37 bits per heavy atom. The van der Waals surface area contributed by atoms with Crippen LogP contribution in [0.25, 0.3) is 0 Å². The van der Waals surface area contributed by atoms with Crippen molar-refractivity contribution in [1.29, 1.82) is 0 Å². The van der Waals surface area contributed by atoms with E-state index >= 15 is 0 Å². The third kappa shape index (κ3) is 3.24. The molecule has 0 radical (unpaired) electrons. The molecule has 0 spiro atoms. The van der Waals surface area contributed by atoms with Gasteiger partial charge < -0.3 is 4.90 Å². The SMILES string of the molecule is CN(CCc1cccs1)c1cccc(Cl)c1[N+](=O)[O-]. The highest BCUT2D eigenvalue weighted by Crippen LogP contribution is 2.34. The number of rotatable bonds is 5. The van der Waals surface area contributed by atoms with E-state index in [0.717, 1.165) is 6.42 Å². The fraction of sp³-hybridized carbons (Fsp3) is 0.231. The van der Waals surface area contributed by atoms with Crippen LogP contribution in [0.15, 0.2) is 35.7 Å². The van der Waals surface area contributed by atoms with E-state index in [-0.39, 0.29) is 10.7 Å². The second-order valence-corrected chi connectivity index (χ2v) is 5.56. The smallest absolute Gasteiger partial charge is 0.310 e. The van der Waals surface area contributed by atoms with Gasteiger partial charge in [0.15, 0.2) is 0 Å². The third-order valence-electron chi connectivity index (χ3n) is 2.83. The van der Waals surface area contributed by atoms with Gasteiger partial charge in [-0.2, -0.15) is 0 Å². The lowest BCUT2D eigenvalue weighted by Crippen LogP contribution is -2.21. The van der Waals surface area contributed by atoms with E-state index in [0.29, 0.717) is 12.2 Å². The minimum atomic E-state index is -0.431. The normalized spacial score (nSPS) is 10.4. The van der Waals surface area contributed by atoms with Crippen LogP contribution < -0.4 is 4.90 Å². The van der Waals surface area contributed by atoms with E-state index in [1.54, 1.807) is 23.5 Å². The zero-order valence-corrected chi connectivity index (χ0v) is 11.9. The van der Waals surface area contributed by atoms with Crippen LogP contribution in [0.2, 0.25) is 5.02 Å². The van der Waals surface area contributed by atoms with Crippen LogP contribution >= 0.6 is 22.9 Å². The van der Waals surface area contributed by atoms with Crippen LogP contribution in [0.1, 0.15) is 4.88 Å². The number of thiophene rings is 1. The van der Waals surface area contributed by atoms with Gasteiger partial charge in [0.25, 0.3) is 0 Å². The maximum atomic E-state index is 11.1. The molecule has 0 N–H and O–H groups in total. The molecule has 6 heteroatoms. The van der Waals surface area contributed by atoms with Gasteiger partial charge in [-0.3, -0.25) is 10.1 Å². The van der Waals surface area contributed by atoms with Crippen molar-refractivity contribution in [3.05, 3.63) is 55.7 Å². The first-order valence-corrected chi connectivity index (χ1v) is 7.02. The average molecular weight is 297 g/mol. The summed E-state index contributed by atoms with van der Waals surface area (Å²) in [5.41, 5.74) is 0.520. The number of nitro benzene ring substituents is 1. The monoisotopic (exact) mass is 296 g/mol. The van der Waals surface area contributed by atoms with E-state index in [2.05, 4.69) is 6.07 Å². The van der Waals surface area contributed by atoms with Crippen molar-refractivity contribution in [3.63, 3.8) is 0 Å². The third-order valence-corrected chi connectivity index (χ3v) is 4.07. The molecule has 4 nitrogen and oxygen atoms in total. The molecule has 100 valence electrons. The topological polar surface area (TPSA) is 46.4 Å². The molecule has 0 amide bonds. The molecule has 0 fully saturated rings. The summed E-state index contributed by atoms with van der Waals surface area (Å²) in [4.78, 5) is 13.8. The number of benzene rings is 1. The Hall–Kier alpha value is -1.59. The predicted molar refractivity (Wildman–Crippen MR) is 79.4 cm³/mol. The molecule has 1 heterocycles. The Morgan fingerprint density at radius 2 is 2.16 bits per heavy atom. The molecule has 0 aliphatic rings. The van der Waals surface area contributed by atoms with Gasteiger partial charge in [-0.25, -0.2) is 0 Å². The predicted octanol–water partition coefficient (Wildman–Crippen LogP) is 3.99. The van der Waals surface area contributed by atoms with Crippen LogP contribution in [-0.2, 0) is 6.42 Å². The van der Waals surface area contributed by atoms with Crippen molar-refractivity contribution in [2.75, 3.05) is 18.5 Å². The van der Waals surface area contributed by atoms with E-state index in [1.807, 2.05) is 23.4 Å². The summed E-state index contributed by atoms with van der Waals surface area (Å²) in [6, 6.07) is 9.05. The zero-order chi connectivity index (χ0) is 13.8. The summed E-state index contributed by atoms with van der Waals surface area (Å²) in [5, 5.41) is 13.3. The molecule has 0 aliphatic carbocycles. The first kappa shape index (κ1) is 13.8. The number of hydrogen-bond donors (Lipinski definition) is 0. The standard InChI is InChI=1S/C13H13ClN2O2S/c1-15(8-7-10-4-3-9-19-10)12-6-2-5-11(14)13(12)16(17)18/h2-6,9H,7-8H2,1H3. The van der Waals surface area contributed by atoms with Crippen LogP contribution in [0.5, 0.6) is 0 Å². The minimum absolute atomic E-state index is 0.0298. The highest BCUT2D eigenvalue weighted by Gasteiger charge is 2.20. The summed E-state index contributed by atoms with van der Waals surface area (Å²) < 4.78 is 0. The number of nitrogens with zero attached hydrogens (tertiary/aromatic N) is 2. The molecule has 1 aromatic heterocycles. The molecular weight excluding hydrogens is 284 g/mol. The summed E-state index contributed by atoms with van der Waals surface area (Å²) in [7, 11) is 1.84. The first-order valence-electron chi connectivity index (χ1n) is 5.76. The van der Waals surface area contributed by atoms with Gasteiger partial charge in [0.2, 0.25) is 0 Å². The fourth-order valence-corrected chi connectivity index (χ4v) is 2.78. The molecule has 0 unspecified atom stereocenters. The zero-order valence-electron chi connectivity index (χ0n) is 10.4. The van der Waals surface area contributed by atoms with E-state index < -0.39 is 4.92 Å². The number of halogens is 1. The molecule has 0 bridgehead atoms. The highest BCUT2D eigenvalue weighted by atomic mass is 35.5. The quantitative estimate of drug-likeness (QED) is 0.619. The Morgan fingerprint density at radius 3 is 2.79 bits per heavy atom. The molecule has 2 rings (SSSR count). The number of likely N-dealkylation sites (N-methyl/N-ethyl adjacent to an activating group) is 1. The number of nitro groups is 1. The number of anilines is 1. The van der Waals surface area contributed by atoms with Crippen molar-refractivity contribution in [2.45, 2.75) is 6.42 Å². The molecular formula is C13H13ClN2O2S. The van der Waals surface area contributed by atoms with Gasteiger partial charge in [0, 0.05) is 18.5 Å². The van der Waals surface area contributed by atoms with Crippen molar-refractivity contribution in [1.82, 2.24) is 0 Å². The molecule has 0 atom stereocenters. The Bertz CT molecular complexity index is 572. The summed E-state index contributed by atoms with van der Waals surface area (Å²) in [6.07, 6.45) is 0.859. The van der Waals surface area contributed by atoms with Gasteiger partial charge in [-0.1, -0.05) is 23.7 Å². The maximum Gasteiger partial charge on any atom is 0.310 e. The van der Waals surface area contributed by atoms with E-state index in [9.17, 15) is 10.1 Å². The van der Waals surface area contributed by atoms with Crippen molar-refractivity contribution in [3.8, 4) is 0 Å². The molecule has 2 aromatic rings. The van der Waals surface area contributed by atoms with Gasteiger partial charge in [-0.05, 0) is 30.0 Å². The lowest BCUT2D eigenvalue weighted by atomic mass is 10.2. The Labute approximate surface area is 120 Å². The number of para-hydroxylation sites is 1. The summed E-state index contributed by atoms with van der Waals surface area (Å²) >= 11 is 7.59. The Kier molecular flexibility index (Phi) is 4.39. The fourth-order valence-electron chi connectivity index (χ4n) is 1.85. The summed E-state index contributed by atoms with van der Waals surface area (Å²) in [6.45, 7) is 0.710. The second kappa shape index (κ2) is 6.04. The molecule has 0 aliphatic heterocycles. The minimum Gasteiger partial charge on any atom is -0.369 e. The lowest BCUT2D eigenvalue weighted by molar-refractivity contribution is -0.384. The molecule has 0 saturated carbocycles. The summed E-state index contributed by atoms with van der Waals surface area (Å²) in [5.74, 6) is 0. The molecule has 0 saturated heterocycles. The van der Waals surface area contributed by atoms with Gasteiger partial charge in [0.1, 0.15) is 10.7 Å². The molecule has 1 aromatic carbocycles. The highest BCUT2D eigenvalue weighted by molar-refractivity contribution is 7.09. The first-order chi connectivity index (χ1) is 9.09. The van der Waals surface area contributed by atoms with E-state index in [1.165, 1.54) is 10.9 Å². The van der Waals surface area contributed by atoms with Crippen molar-refractivity contribution in [2.24, 2.45) is 0 Å². The lowest BCUT2D eigenvalue weighted by Gasteiger charge is -2.19. The maximum absolute atomic E-state index is 11.1. The number of hydrogen-bond acceptors (Lipinski definition) is 4. The average Bonchev–Trinajstić information content (AvgIpc) is 2.88. The van der Waals surface area contributed by atoms with Gasteiger partial charge in [-0.15, -0.1) is 11.3 Å². The van der Waals surface area contributed by atoms with E-state index in [4.69, 9.17) is 11.6 Å². The van der Waals surface area contributed by atoms with Crippen LogP contribution in [-0.4, -0.2) is 18.5 Å². The van der Waals surface area contributed by atoms with Gasteiger partial charge in [0.05, 0.1) is 4.92 Å². The molecule has 19 heavy (non-hydrogen) atoms. The van der Waals surface area contributed by atoms with Crippen molar-refractivity contribution < 1.29 is 4.92 Å². The van der Waals surface area contributed by atoms with Crippen molar-refractivity contribution >= 4 is 34.3 Å². The van der Waals surface area contributed by atoms with Crippen LogP contribution in [0.4, 0.5) is 11.4 Å². The van der Waals surface area contributed by atoms with Crippen LogP contribution in [0.3, 0.4) is 0 Å².